The van der Waals surface area contributed by atoms with Crippen LogP contribution < -0.4 is 25.4 Å². The van der Waals surface area contributed by atoms with E-state index in [1.807, 2.05) is 30.3 Å². The van der Waals surface area contributed by atoms with Crippen LogP contribution in [0.25, 0.3) is 0 Å². The Morgan fingerprint density at radius 1 is 0.848 bits per heavy atom. The van der Waals surface area contributed by atoms with E-state index in [0.29, 0.717) is 33.6 Å². The molecule has 0 aliphatic heterocycles. The van der Waals surface area contributed by atoms with Crippen molar-refractivity contribution >= 4 is 52.4 Å². The minimum absolute atomic E-state index is 0.205. The van der Waals surface area contributed by atoms with Gasteiger partial charge in [-0.1, -0.05) is 29.8 Å². The third kappa shape index (κ3) is 6.81. The molecule has 0 bridgehead atoms. The van der Waals surface area contributed by atoms with Crippen molar-refractivity contribution < 1.29 is 19.1 Å². The topological polar surface area (TPSA) is 88.7 Å². The zero-order valence-electron chi connectivity index (χ0n) is 18.3. The summed E-state index contributed by atoms with van der Waals surface area (Å²) in [5.74, 6) is 0.704. The molecule has 3 aromatic rings. The summed E-state index contributed by atoms with van der Waals surface area (Å²) in [6, 6.07) is 19.3. The highest BCUT2D eigenvalue weighted by molar-refractivity contribution is 8.00. The minimum atomic E-state index is -0.393. The summed E-state index contributed by atoms with van der Waals surface area (Å²) < 4.78 is 10.5. The van der Waals surface area contributed by atoms with Crippen LogP contribution in [0.3, 0.4) is 0 Å². The number of hydrogen-bond acceptors (Lipinski definition) is 5. The fraction of sp³-hybridized carbons (Fsp3) is 0.167. The molecule has 3 N–H and O–H groups in total. The number of anilines is 3. The quantitative estimate of drug-likeness (QED) is 0.334. The molecule has 0 aliphatic carbocycles. The molecule has 172 valence electrons. The molecule has 0 saturated carbocycles. The van der Waals surface area contributed by atoms with Crippen molar-refractivity contribution in [2.24, 2.45) is 0 Å². The fourth-order valence-corrected chi connectivity index (χ4v) is 3.99. The highest BCUT2D eigenvalue weighted by Gasteiger charge is 2.18. The molecule has 9 heteroatoms. The number of amides is 3. The average Bonchev–Trinajstić information content (AvgIpc) is 2.81. The molecule has 3 amide bonds. The fourth-order valence-electron chi connectivity index (χ4n) is 2.88. The van der Waals surface area contributed by atoms with Gasteiger partial charge in [-0.2, -0.15) is 0 Å². The van der Waals surface area contributed by atoms with Gasteiger partial charge in [-0.15, -0.1) is 11.8 Å². The molecular formula is C24H24ClN3O4S. The first-order chi connectivity index (χ1) is 15.9. The molecular weight excluding hydrogens is 462 g/mol. The summed E-state index contributed by atoms with van der Waals surface area (Å²) >= 11 is 7.56. The van der Waals surface area contributed by atoms with E-state index in [1.54, 1.807) is 43.3 Å². The van der Waals surface area contributed by atoms with Gasteiger partial charge in [-0.3, -0.25) is 4.79 Å². The molecule has 3 rings (SSSR count). The normalized spacial score (nSPS) is 11.3. The van der Waals surface area contributed by atoms with Gasteiger partial charge < -0.3 is 25.4 Å². The lowest BCUT2D eigenvalue weighted by Crippen LogP contribution is -2.22. The van der Waals surface area contributed by atoms with Gasteiger partial charge in [-0.25, -0.2) is 4.79 Å². The monoisotopic (exact) mass is 485 g/mol. The zero-order valence-corrected chi connectivity index (χ0v) is 19.9. The number of ether oxygens (including phenoxy) is 2. The lowest BCUT2D eigenvalue weighted by atomic mass is 10.2. The van der Waals surface area contributed by atoms with Crippen molar-refractivity contribution in [3.05, 3.63) is 71.8 Å². The summed E-state index contributed by atoms with van der Waals surface area (Å²) in [5.41, 5.74) is 1.81. The average molecular weight is 486 g/mol. The molecule has 7 nitrogen and oxygen atoms in total. The highest BCUT2D eigenvalue weighted by Crippen LogP contribution is 2.36. The Hall–Kier alpha value is -3.36. The molecule has 0 radical (unpaired) electrons. The predicted octanol–water partition coefficient (Wildman–Crippen LogP) is 6.12. The van der Waals surface area contributed by atoms with Gasteiger partial charge in [0.1, 0.15) is 11.5 Å². The number of nitrogens with one attached hydrogen (secondary N) is 3. The van der Waals surface area contributed by atoms with E-state index in [1.165, 1.54) is 26.0 Å². The number of halogens is 1. The molecule has 0 aromatic heterocycles. The van der Waals surface area contributed by atoms with Crippen molar-refractivity contribution in [3.63, 3.8) is 0 Å². The Morgan fingerprint density at radius 3 is 2.06 bits per heavy atom. The Bertz CT molecular complexity index is 1110. The summed E-state index contributed by atoms with van der Waals surface area (Å²) in [7, 11) is 3.01. The van der Waals surface area contributed by atoms with Crippen LogP contribution in [0, 0.1) is 0 Å². The molecule has 0 saturated heterocycles. The van der Waals surface area contributed by atoms with Gasteiger partial charge >= 0.3 is 6.03 Å². The van der Waals surface area contributed by atoms with Crippen molar-refractivity contribution in [3.8, 4) is 11.5 Å². The van der Waals surface area contributed by atoms with Crippen LogP contribution in [0.5, 0.6) is 11.5 Å². The number of para-hydroxylation sites is 1. The van der Waals surface area contributed by atoms with Crippen LogP contribution in [0.15, 0.2) is 71.6 Å². The van der Waals surface area contributed by atoms with Crippen LogP contribution >= 0.6 is 23.4 Å². The predicted molar refractivity (Wildman–Crippen MR) is 134 cm³/mol. The second-order valence-corrected chi connectivity index (χ2v) is 8.73. The minimum Gasteiger partial charge on any atom is -0.495 e. The van der Waals surface area contributed by atoms with Crippen LogP contribution in [-0.2, 0) is 4.79 Å². The van der Waals surface area contributed by atoms with Crippen molar-refractivity contribution in [1.82, 2.24) is 0 Å². The first-order valence-corrected chi connectivity index (χ1v) is 11.3. The standard InChI is InChI=1S/C24H24ClN3O4S/c1-15(23(29)28-20-13-19(25)21(31-2)14-22(20)32-3)33-18-11-9-17(10-12-18)27-24(30)26-16-7-5-4-6-8-16/h4-15H,1-3H3,(H,28,29)(H2,26,27,30). The van der Waals surface area contributed by atoms with Gasteiger partial charge in [0.15, 0.2) is 0 Å². The first kappa shape index (κ1) is 24.3. The van der Waals surface area contributed by atoms with E-state index in [9.17, 15) is 9.59 Å². The zero-order chi connectivity index (χ0) is 23.8. The van der Waals surface area contributed by atoms with Crippen LogP contribution in [0.1, 0.15) is 6.92 Å². The first-order valence-electron chi connectivity index (χ1n) is 10.0. The lowest BCUT2D eigenvalue weighted by Gasteiger charge is -2.16. The van der Waals surface area contributed by atoms with E-state index in [0.717, 1.165) is 4.90 Å². The van der Waals surface area contributed by atoms with E-state index in [4.69, 9.17) is 21.1 Å². The molecule has 0 spiro atoms. The third-order valence-corrected chi connectivity index (χ3v) is 5.97. The largest absolute Gasteiger partial charge is 0.495 e. The maximum atomic E-state index is 12.7. The van der Waals surface area contributed by atoms with Gasteiger partial charge in [0.05, 0.1) is 30.2 Å². The van der Waals surface area contributed by atoms with Crippen LogP contribution in [-0.4, -0.2) is 31.4 Å². The van der Waals surface area contributed by atoms with E-state index in [-0.39, 0.29) is 11.9 Å². The molecule has 0 heterocycles. The number of carbonyl (C=O) groups excluding carboxylic acids is 2. The van der Waals surface area contributed by atoms with Gasteiger partial charge in [0.25, 0.3) is 0 Å². The van der Waals surface area contributed by atoms with Crippen LogP contribution in [0.2, 0.25) is 5.02 Å². The SMILES string of the molecule is COc1cc(OC)c(NC(=O)C(C)Sc2ccc(NC(=O)Nc3ccccc3)cc2)cc1Cl. The smallest absolute Gasteiger partial charge is 0.323 e. The number of urea groups is 1. The van der Waals surface area contributed by atoms with Crippen molar-refractivity contribution in [2.75, 3.05) is 30.2 Å². The number of hydrogen-bond donors (Lipinski definition) is 3. The molecule has 33 heavy (non-hydrogen) atoms. The van der Waals surface area contributed by atoms with E-state index < -0.39 is 5.25 Å². The van der Waals surface area contributed by atoms with Gasteiger partial charge in [0.2, 0.25) is 5.91 Å². The summed E-state index contributed by atoms with van der Waals surface area (Å²) in [6.07, 6.45) is 0. The number of thioether (sulfide) groups is 1. The molecule has 1 unspecified atom stereocenters. The van der Waals surface area contributed by atoms with Crippen LogP contribution in [0.4, 0.5) is 21.9 Å². The van der Waals surface area contributed by atoms with Crippen molar-refractivity contribution in [1.29, 1.82) is 0 Å². The second kappa shape index (κ2) is 11.5. The Labute approximate surface area is 201 Å². The van der Waals surface area contributed by atoms with Gasteiger partial charge in [-0.05, 0) is 49.4 Å². The number of methoxy groups -OCH3 is 2. The van der Waals surface area contributed by atoms with E-state index in [2.05, 4.69) is 16.0 Å². The molecule has 0 aliphatic rings. The Morgan fingerprint density at radius 2 is 1.45 bits per heavy atom. The molecule has 1 atom stereocenters. The third-order valence-electron chi connectivity index (χ3n) is 4.56. The number of rotatable bonds is 8. The lowest BCUT2D eigenvalue weighted by molar-refractivity contribution is -0.115. The van der Waals surface area contributed by atoms with Crippen molar-refractivity contribution in [2.45, 2.75) is 17.1 Å². The Kier molecular flexibility index (Phi) is 8.46. The summed E-state index contributed by atoms with van der Waals surface area (Å²) in [5, 5.41) is 8.36. The maximum Gasteiger partial charge on any atom is 0.323 e. The highest BCUT2D eigenvalue weighted by atomic mass is 35.5. The number of carbonyl (C=O) groups is 2. The Balaban J connectivity index is 1.57. The molecule has 0 fully saturated rings. The summed E-state index contributed by atoms with van der Waals surface area (Å²) in [6.45, 7) is 1.80. The summed E-state index contributed by atoms with van der Waals surface area (Å²) in [4.78, 5) is 25.7. The van der Waals surface area contributed by atoms with E-state index >= 15 is 0 Å². The van der Waals surface area contributed by atoms with Gasteiger partial charge in [0, 0.05) is 22.3 Å². The number of benzene rings is 3. The molecule has 3 aromatic carbocycles. The maximum absolute atomic E-state index is 12.7. The second-order valence-electron chi connectivity index (χ2n) is 6.91.